The number of rotatable bonds is 11. The highest BCUT2D eigenvalue weighted by Gasteiger charge is 2.15. The van der Waals surface area contributed by atoms with Gasteiger partial charge in [0.2, 0.25) is 11.8 Å². The first kappa shape index (κ1) is 23.1. The van der Waals surface area contributed by atoms with Gasteiger partial charge < -0.3 is 28.3 Å². The third kappa shape index (κ3) is 6.70. The highest BCUT2D eigenvalue weighted by atomic mass is 16.2. The third-order valence-electron chi connectivity index (χ3n) is 3.97. The molecule has 168 valence electrons. The van der Waals surface area contributed by atoms with E-state index in [0.29, 0.717) is 0 Å². The molecule has 0 aliphatic rings. The van der Waals surface area contributed by atoms with Crippen molar-refractivity contribution < 1.29 is 9.59 Å². The van der Waals surface area contributed by atoms with Crippen LogP contribution in [0.25, 0.3) is 0 Å². The number of hydrogen-bond donors (Lipinski definition) is 5. The summed E-state index contributed by atoms with van der Waals surface area (Å²) in [5.74, 6) is -1.03. The second kappa shape index (κ2) is 10.6. The van der Waals surface area contributed by atoms with Crippen LogP contribution in [0.15, 0.2) is 34.1 Å². The summed E-state index contributed by atoms with van der Waals surface area (Å²) >= 11 is 0. The molecule has 31 heavy (non-hydrogen) atoms. The molecule has 2 heterocycles. The molecule has 15 nitrogen and oxygen atoms in total. The smallest absolute Gasteiger partial charge is 0.368 e. The predicted molar refractivity (Wildman–Crippen MR) is 113 cm³/mol. The van der Waals surface area contributed by atoms with Gasteiger partial charge in [-0.25, -0.2) is 18.9 Å². The molecule has 2 aromatic rings. The molecular weight excluding hydrogens is 410 g/mol. The number of nitrogens with zero attached hydrogens (tertiary/aromatic N) is 6. The lowest BCUT2D eigenvalue weighted by molar-refractivity contribution is -0.120. The van der Waals surface area contributed by atoms with Gasteiger partial charge in [0, 0.05) is 32.0 Å². The molecule has 0 aliphatic carbocycles. The van der Waals surface area contributed by atoms with Crippen molar-refractivity contribution in [1.82, 2.24) is 24.6 Å². The molecule has 0 saturated heterocycles. The minimum Gasteiger partial charge on any atom is -0.383 e. The van der Waals surface area contributed by atoms with Crippen molar-refractivity contribution in [2.24, 2.45) is 11.5 Å². The van der Waals surface area contributed by atoms with E-state index in [1.807, 2.05) is 0 Å². The summed E-state index contributed by atoms with van der Waals surface area (Å²) in [4.78, 5) is 55.0. The van der Waals surface area contributed by atoms with Crippen LogP contribution in [0.5, 0.6) is 0 Å². The molecule has 2 rings (SSSR count). The lowest BCUT2D eigenvalue weighted by Crippen LogP contribution is -2.52. The molecule has 0 atom stereocenters. The molecule has 0 bridgehead atoms. The topological polar surface area (TPSA) is 227 Å². The largest absolute Gasteiger partial charge is 0.383 e. The van der Waals surface area contributed by atoms with E-state index < -0.39 is 23.2 Å². The van der Waals surface area contributed by atoms with E-state index in [2.05, 4.69) is 15.3 Å². The minimum atomic E-state index is -0.697. The van der Waals surface area contributed by atoms with Crippen molar-refractivity contribution in [2.75, 3.05) is 60.8 Å². The van der Waals surface area contributed by atoms with Crippen LogP contribution in [0.2, 0.25) is 0 Å². The van der Waals surface area contributed by atoms with Crippen molar-refractivity contribution in [3.05, 3.63) is 45.5 Å². The molecule has 0 saturated carbocycles. The van der Waals surface area contributed by atoms with E-state index >= 15 is 0 Å². The van der Waals surface area contributed by atoms with Crippen molar-refractivity contribution in [3.8, 4) is 0 Å². The van der Waals surface area contributed by atoms with E-state index in [1.54, 1.807) is 0 Å². The Morgan fingerprint density at radius 2 is 1.45 bits per heavy atom. The van der Waals surface area contributed by atoms with Crippen LogP contribution in [-0.4, -0.2) is 70.4 Å². The van der Waals surface area contributed by atoms with Crippen LogP contribution in [0.3, 0.4) is 0 Å². The van der Waals surface area contributed by atoms with Crippen molar-refractivity contribution in [3.63, 3.8) is 0 Å². The summed E-state index contributed by atoms with van der Waals surface area (Å²) in [6.07, 6.45) is 2.74. The maximum Gasteiger partial charge on any atom is 0.368 e. The van der Waals surface area contributed by atoms with E-state index in [1.165, 1.54) is 34.5 Å². The summed E-state index contributed by atoms with van der Waals surface area (Å²) < 4.78 is 2.22. The number of nitrogen functional groups attached to an aromatic ring is 2. The minimum absolute atomic E-state index is 0.0287. The van der Waals surface area contributed by atoms with E-state index in [9.17, 15) is 19.2 Å². The van der Waals surface area contributed by atoms with Crippen LogP contribution < -0.4 is 49.6 Å². The van der Waals surface area contributed by atoms with Gasteiger partial charge in [-0.1, -0.05) is 0 Å². The highest BCUT2D eigenvalue weighted by Crippen LogP contribution is 1.94. The van der Waals surface area contributed by atoms with Crippen LogP contribution in [0.1, 0.15) is 0 Å². The van der Waals surface area contributed by atoms with Crippen molar-refractivity contribution >= 4 is 23.5 Å². The summed E-state index contributed by atoms with van der Waals surface area (Å²) in [7, 11) is 0. The molecule has 0 fully saturated rings. The average Bonchev–Trinajstić information content (AvgIpc) is 2.67. The molecule has 0 aromatic carbocycles. The van der Waals surface area contributed by atoms with Crippen molar-refractivity contribution in [1.29, 1.82) is 0 Å². The zero-order valence-corrected chi connectivity index (χ0v) is 16.7. The lowest BCUT2D eigenvalue weighted by atomic mass is 10.4. The Labute approximate surface area is 176 Å². The maximum absolute atomic E-state index is 12.4. The number of amides is 2. The molecule has 2 aromatic heterocycles. The van der Waals surface area contributed by atoms with Gasteiger partial charge in [0.05, 0.1) is 6.54 Å². The number of hydrogen-bond acceptors (Lipinski definition) is 11. The second-order valence-electron chi connectivity index (χ2n) is 6.34. The van der Waals surface area contributed by atoms with Crippen LogP contribution >= 0.6 is 0 Å². The van der Waals surface area contributed by atoms with Gasteiger partial charge in [0.15, 0.2) is 0 Å². The quantitative estimate of drug-likeness (QED) is 0.225. The second-order valence-corrected chi connectivity index (χ2v) is 6.34. The fourth-order valence-electron chi connectivity index (χ4n) is 2.65. The average molecular weight is 435 g/mol. The van der Waals surface area contributed by atoms with Crippen LogP contribution in [0, 0.1) is 0 Å². The van der Waals surface area contributed by atoms with Gasteiger partial charge in [-0.3, -0.25) is 19.6 Å². The Hall–Kier alpha value is -4.14. The summed E-state index contributed by atoms with van der Waals surface area (Å²) in [6.45, 7) is 0.0482. The Morgan fingerprint density at radius 1 is 0.935 bits per heavy atom. The highest BCUT2D eigenvalue weighted by molar-refractivity contribution is 5.79. The number of nitrogens with two attached hydrogens (primary N) is 4. The Kier molecular flexibility index (Phi) is 7.90. The summed E-state index contributed by atoms with van der Waals surface area (Å²) in [5, 5.41) is 5.35. The molecule has 0 spiro atoms. The number of nitrogens with one attached hydrogen (secondary N) is 1. The van der Waals surface area contributed by atoms with Crippen molar-refractivity contribution in [2.45, 2.75) is 0 Å². The molecular formula is C16H25N11O4. The normalized spacial score (nSPS) is 10.5. The lowest BCUT2D eigenvalue weighted by Gasteiger charge is -2.26. The van der Waals surface area contributed by atoms with Crippen LogP contribution in [0.4, 0.5) is 11.6 Å². The maximum atomic E-state index is 12.4. The fraction of sp³-hybridized carbons (Fsp3) is 0.375. The van der Waals surface area contributed by atoms with Gasteiger partial charge in [-0.15, -0.1) is 0 Å². The summed E-state index contributed by atoms with van der Waals surface area (Å²) in [5.41, 5.74) is 20.4. The first-order chi connectivity index (χ1) is 14.7. The van der Waals surface area contributed by atoms with Crippen LogP contribution in [-0.2, 0) is 9.59 Å². The molecule has 9 N–H and O–H groups in total. The SMILES string of the molecule is NCCN(CC(=O)NCCN(CC(N)=O)n1ccc(N)nc1=O)n1ccc(N)nc1=O. The van der Waals surface area contributed by atoms with Gasteiger partial charge in [0.1, 0.15) is 24.7 Å². The van der Waals surface area contributed by atoms with Gasteiger partial charge in [-0.05, 0) is 12.1 Å². The first-order valence-electron chi connectivity index (χ1n) is 9.17. The molecule has 0 aliphatic heterocycles. The van der Waals surface area contributed by atoms with Gasteiger partial charge in [-0.2, -0.15) is 9.97 Å². The number of aromatic nitrogens is 4. The number of carbonyl (C=O) groups is 2. The zero-order chi connectivity index (χ0) is 23.0. The fourth-order valence-corrected chi connectivity index (χ4v) is 2.65. The number of anilines is 2. The predicted octanol–water partition coefficient (Wildman–Crippen LogP) is -4.90. The number of primary amides is 1. The monoisotopic (exact) mass is 435 g/mol. The zero-order valence-electron chi connectivity index (χ0n) is 16.7. The first-order valence-corrected chi connectivity index (χ1v) is 9.17. The molecule has 2 amide bonds. The summed E-state index contributed by atoms with van der Waals surface area (Å²) in [6, 6.07) is 2.81. The van der Waals surface area contributed by atoms with E-state index in [0.717, 1.165) is 9.35 Å². The van der Waals surface area contributed by atoms with Gasteiger partial charge >= 0.3 is 11.4 Å². The molecule has 15 heteroatoms. The Balaban J connectivity index is 2.02. The standard InChI is InChI=1S/C16H25N11O4/c17-3-7-24(26-5-1-11(18)22-15(26)30)10-14(29)21-4-8-25(9-13(20)28)27-6-2-12(19)23-16(27)31/h1-2,5-6H,3-4,7-10,17H2,(H2,20,28)(H,21,29)(H2,18,22,30)(H2,19,23,31). The molecule has 0 radical (unpaired) electrons. The Bertz CT molecular complexity index is 1030. The third-order valence-corrected chi connectivity index (χ3v) is 3.97. The van der Waals surface area contributed by atoms with E-state index in [4.69, 9.17) is 22.9 Å². The Morgan fingerprint density at radius 3 is 1.90 bits per heavy atom. The number of carbonyl (C=O) groups excluding carboxylic acids is 2. The van der Waals surface area contributed by atoms with Gasteiger partial charge in [0.25, 0.3) is 0 Å². The molecule has 0 unspecified atom stereocenters. The van der Waals surface area contributed by atoms with E-state index in [-0.39, 0.29) is 50.9 Å².